The highest BCUT2D eigenvalue weighted by Gasteiger charge is 2.29. The van der Waals surface area contributed by atoms with Crippen molar-refractivity contribution < 1.29 is 19.1 Å². The Bertz CT molecular complexity index is 912. The third-order valence-corrected chi connectivity index (χ3v) is 4.88. The van der Waals surface area contributed by atoms with Gasteiger partial charge in [0.25, 0.3) is 0 Å². The number of anilines is 1. The van der Waals surface area contributed by atoms with Crippen molar-refractivity contribution in [1.82, 2.24) is 10.6 Å². The molecule has 0 saturated carbocycles. The quantitative estimate of drug-likeness (QED) is 0.683. The summed E-state index contributed by atoms with van der Waals surface area (Å²) in [4.78, 5) is 37.1. The number of fused-ring (bicyclic) bond motifs is 1. The van der Waals surface area contributed by atoms with Gasteiger partial charge in [-0.05, 0) is 43.9 Å². The van der Waals surface area contributed by atoms with Gasteiger partial charge in [-0.1, -0.05) is 48.5 Å². The van der Waals surface area contributed by atoms with Gasteiger partial charge in [0, 0.05) is 17.6 Å². The Morgan fingerprint density at radius 1 is 1.10 bits per heavy atom. The highest BCUT2D eigenvalue weighted by atomic mass is 16.5. The molecule has 0 radical (unpaired) electrons. The van der Waals surface area contributed by atoms with E-state index in [1.54, 1.807) is 13.8 Å². The second-order valence-corrected chi connectivity index (χ2v) is 8.05. The number of hydrogen-bond acceptors (Lipinski definition) is 4. The van der Waals surface area contributed by atoms with Crippen LogP contribution in [0.2, 0.25) is 0 Å². The molecule has 0 spiro atoms. The molecule has 1 atom stereocenters. The molecule has 0 saturated heterocycles. The highest BCUT2D eigenvalue weighted by molar-refractivity contribution is 5.98. The van der Waals surface area contributed by atoms with Crippen LogP contribution in [0.4, 0.5) is 10.5 Å². The first-order valence-electron chi connectivity index (χ1n) is 9.99. The van der Waals surface area contributed by atoms with E-state index < -0.39 is 17.7 Å². The Morgan fingerprint density at radius 2 is 1.80 bits per heavy atom. The van der Waals surface area contributed by atoms with E-state index in [2.05, 4.69) is 16.0 Å². The summed E-state index contributed by atoms with van der Waals surface area (Å²) in [6.45, 7) is 3.62. The smallest absolute Gasteiger partial charge is 0.407 e. The third kappa shape index (κ3) is 6.07. The lowest BCUT2D eigenvalue weighted by molar-refractivity contribution is -0.127. The van der Waals surface area contributed by atoms with Crippen LogP contribution < -0.4 is 16.0 Å². The molecule has 7 nitrogen and oxygen atoms in total. The fourth-order valence-corrected chi connectivity index (χ4v) is 3.38. The lowest BCUT2D eigenvalue weighted by atomic mass is 9.99. The standard InChI is InChI=1S/C23H27N3O4/c1-23(2,26-22(29)30-15-16-8-4-3-5-9-16)14-20(27)24-19-13-12-17-10-6-7-11-18(17)25-21(19)28/h3-11,19H,12-15H2,1-2H3,(H,24,27)(H,25,28)(H,26,29)/t19-/m1/s1. The number of nitrogens with one attached hydrogen (secondary N) is 3. The van der Waals surface area contributed by atoms with E-state index in [9.17, 15) is 14.4 Å². The molecule has 2 aromatic rings. The van der Waals surface area contributed by atoms with E-state index >= 15 is 0 Å². The van der Waals surface area contributed by atoms with Crippen LogP contribution in [-0.2, 0) is 27.4 Å². The molecule has 1 aliphatic heterocycles. The van der Waals surface area contributed by atoms with Crippen LogP contribution in [0, 0.1) is 0 Å². The van der Waals surface area contributed by atoms with E-state index in [1.165, 1.54) is 0 Å². The van der Waals surface area contributed by atoms with E-state index in [0.29, 0.717) is 12.8 Å². The normalized spacial score (nSPS) is 15.9. The summed E-state index contributed by atoms with van der Waals surface area (Å²) in [6, 6.07) is 16.3. The van der Waals surface area contributed by atoms with Crippen LogP contribution in [0.5, 0.6) is 0 Å². The van der Waals surface area contributed by atoms with Gasteiger partial charge in [0.2, 0.25) is 11.8 Å². The number of rotatable bonds is 6. The second-order valence-electron chi connectivity index (χ2n) is 8.05. The monoisotopic (exact) mass is 409 g/mol. The van der Waals surface area contributed by atoms with Crippen molar-refractivity contribution in [2.75, 3.05) is 5.32 Å². The molecule has 0 bridgehead atoms. The Balaban J connectivity index is 1.48. The molecule has 0 unspecified atom stereocenters. The van der Waals surface area contributed by atoms with Crippen LogP contribution in [0.15, 0.2) is 54.6 Å². The highest BCUT2D eigenvalue weighted by Crippen LogP contribution is 2.21. The Hall–Kier alpha value is -3.35. The van der Waals surface area contributed by atoms with Gasteiger partial charge in [-0.25, -0.2) is 4.79 Å². The summed E-state index contributed by atoms with van der Waals surface area (Å²) in [6.07, 6.45) is 0.623. The van der Waals surface area contributed by atoms with Crippen molar-refractivity contribution in [3.05, 3.63) is 65.7 Å². The number of hydrogen-bond donors (Lipinski definition) is 3. The van der Waals surface area contributed by atoms with Crippen LogP contribution in [0.25, 0.3) is 0 Å². The Morgan fingerprint density at radius 3 is 2.57 bits per heavy atom. The summed E-state index contributed by atoms with van der Waals surface area (Å²) < 4.78 is 5.22. The molecular weight excluding hydrogens is 382 g/mol. The molecule has 158 valence electrons. The average molecular weight is 409 g/mol. The van der Waals surface area contributed by atoms with E-state index in [0.717, 1.165) is 16.8 Å². The first kappa shape index (κ1) is 21.4. The number of alkyl carbamates (subject to hydrolysis) is 1. The van der Waals surface area contributed by atoms with E-state index in [4.69, 9.17) is 4.74 Å². The molecule has 30 heavy (non-hydrogen) atoms. The van der Waals surface area contributed by atoms with Crippen LogP contribution in [0.1, 0.15) is 37.8 Å². The maximum absolute atomic E-state index is 12.5. The molecule has 1 heterocycles. The number of aryl methyl sites for hydroxylation is 1. The minimum atomic E-state index is -0.831. The number of benzene rings is 2. The topological polar surface area (TPSA) is 96.5 Å². The Labute approximate surface area is 176 Å². The van der Waals surface area contributed by atoms with Gasteiger partial charge in [-0.3, -0.25) is 9.59 Å². The second kappa shape index (κ2) is 9.43. The summed E-state index contributed by atoms with van der Waals surface area (Å²) >= 11 is 0. The molecule has 0 aromatic heterocycles. The van der Waals surface area contributed by atoms with Crippen molar-refractivity contribution in [3.63, 3.8) is 0 Å². The maximum atomic E-state index is 12.5. The van der Waals surface area contributed by atoms with Crippen LogP contribution in [0.3, 0.4) is 0 Å². The number of carbonyl (C=O) groups excluding carboxylic acids is 3. The van der Waals surface area contributed by atoms with E-state index in [-0.39, 0.29) is 24.8 Å². The summed E-state index contributed by atoms with van der Waals surface area (Å²) in [5.41, 5.74) is 1.87. The lowest BCUT2D eigenvalue weighted by Gasteiger charge is -2.26. The van der Waals surface area contributed by atoms with E-state index in [1.807, 2.05) is 54.6 Å². The first-order chi connectivity index (χ1) is 14.3. The number of para-hydroxylation sites is 1. The maximum Gasteiger partial charge on any atom is 0.407 e. The predicted octanol–water partition coefficient (Wildman–Crippen LogP) is 3.15. The zero-order chi connectivity index (χ0) is 21.6. The van der Waals surface area contributed by atoms with Gasteiger partial charge in [-0.2, -0.15) is 0 Å². The molecule has 3 rings (SSSR count). The third-order valence-electron chi connectivity index (χ3n) is 4.88. The summed E-state index contributed by atoms with van der Waals surface area (Å²) in [5.74, 6) is -0.546. The van der Waals surface area contributed by atoms with Gasteiger partial charge in [0.1, 0.15) is 12.6 Å². The zero-order valence-corrected chi connectivity index (χ0v) is 17.2. The molecule has 3 N–H and O–H groups in total. The minimum Gasteiger partial charge on any atom is -0.445 e. The number of ether oxygens (including phenoxy) is 1. The SMILES string of the molecule is CC(C)(CC(=O)N[C@@H]1CCc2ccccc2NC1=O)NC(=O)OCc1ccccc1. The van der Waals surface area contributed by atoms with Crippen molar-refractivity contribution >= 4 is 23.6 Å². The van der Waals surface area contributed by atoms with Gasteiger partial charge in [-0.15, -0.1) is 0 Å². The summed E-state index contributed by atoms with van der Waals surface area (Å²) in [5, 5.41) is 8.36. The van der Waals surface area contributed by atoms with Crippen molar-refractivity contribution in [3.8, 4) is 0 Å². The van der Waals surface area contributed by atoms with Gasteiger partial charge >= 0.3 is 6.09 Å². The number of carbonyl (C=O) groups is 3. The van der Waals surface area contributed by atoms with Gasteiger partial charge in [0.05, 0.1) is 0 Å². The minimum absolute atomic E-state index is 0.0180. The molecular formula is C23H27N3O4. The fraction of sp³-hybridized carbons (Fsp3) is 0.348. The fourth-order valence-electron chi connectivity index (χ4n) is 3.38. The molecule has 3 amide bonds. The summed E-state index contributed by atoms with van der Waals surface area (Å²) in [7, 11) is 0. The predicted molar refractivity (Wildman–Crippen MR) is 114 cm³/mol. The van der Waals surface area contributed by atoms with Crippen LogP contribution >= 0.6 is 0 Å². The molecule has 0 aliphatic carbocycles. The molecule has 2 aromatic carbocycles. The first-order valence-corrected chi connectivity index (χ1v) is 9.99. The molecule has 7 heteroatoms. The van der Waals surface area contributed by atoms with Crippen molar-refractivity contribution in [1.29, 1.82) is 0 Å². The van der Waals surface area contributed by atoms with Gasteiger partial charge < -0.3 is 20.7 Å². The lowest BCUT2D eigenvalue weighted by Crippen LogP contribution is -2.50. The van der Waals surface area contributed by atoms with Crippen molar-refractivity contribution in [2.45, 2.75) is 51.3 Å². The largest absolute Gasteiger partial charge is 0.445 e. The van der Waals surface area contributed by atoms with Gasteiger partial charge in [0.15, 0.2) is 0 Å². The molecule has 1 aliphatic rings. The number of amides is 3. The van der Waals surface area contributed by atoms with Crippen LogP contribution in [-0.4, -0.2) is 29.5 Å². The van der Waals surface area contributed by atoms with Crippen molar-refractivity contribution in [2.24, 2.45) is 0 Å². The zero-order valence-electron chi connectivity index (χ0n) is 17.2. The molecule has 0 fully saturated rings. The average Bonchev–Trinajstić information content (AvgIpc) is 2.85. The Kier molecular flexibility index (Phi) is 6.72.